The van der Waals surface area contributed by atoms with Gasteiger partial charge in [0.05, 0.1) is 6.04 Å². The molecule has 0 aromatic carbocycles. The average molecular weight is 371 g/mol. The summed E-state index contributed by atoms with van der Waals surface area (Å²) in [6.07, 6.45) is -15.8. The fourth-order valence-electron chi connectivity index (χ4n) is 1.26. The maximum Gasteiger partial charge on any atom is 0.460 e. The SMILES string of the molecule is CC(N(C)C(F)(F)F)C(F)(F)COCC(F)(F)C(F)C(F)(F)F. The summed E-state index contributed by atoms with van der Waals surface area (Å²) in [6.45, 7) is -4.01. The molecule has 2 unspecified atom stereocenters. The molecule has 0 saturated heterocycles. The standard InChI is InChI=1S/C10H12F11NO/c1-5(22(2)10(19,20)21)7(12,13)3-23-4-8(14,15)6(11)9(16,17)18/h5-6H,3-4H2,1-2H3. The predicted octanol–water partition coefficient (Wildman–Crippen LogP) is 4.01. The van der Waals surface area contributed by atoms with Crippen molar-refractivity contribution in [3.8, 4) is 0 Å². The van der Waals surface area contributed by atoms with Crippen LogP contribution in [-0.2, 0) is 4.74 Å². The third-order valence-electron chi connectivity index (χ3n) is 2.84. The first-order valence-corrected chi connectivity index (χ1v) is 5.76. The maximum absolute atomic E-state index is 13.4. The van der Waals surface area contributed by atoms with Crippen molar-refractivity contribution < 1.29 is 53.0 Å². The Hall–Kier alpha value is -0.850. The van der Waals surface area contributed by atoms with Crippen LogP contribution in [0.3, 0.4) is 0 Å². The predicted molar refractivity (Wildman–Crippen MR) is 54.9 cm³/mol. The van der Waals surface area contributed by atoms with E-state index in [0.717, 1.165) is 0 Å². The van der Waals surface area contributed by atoms with Crippen LogP contribution in [-0.4, -0.2) is 61.7 Å². The van der Waals surface area contributed by atoms with Crippen LogP contribution in [0.25, 0.3) is 0 Å². The molecule has 23 heavy (non-hydrogen) atoms. The van der Waals surface area contributed by atoms with Crippen molar-refractivity contribution in [2.24, 2.45) is 0 Å². The second kappa shape index (κ2) is 6.95. The molecule has 2 nitrogen and oxygen atoms in total. The van der Waals surface area contributed by atoms with Gasteiger partial charge in [-0.05, 0) is 14.0 Å². The quantitative estimate of drug-likeness (QED) is 0.495. The first-order valence-electron chi connectivity index (χ1n) is 5.76. The maximum atomic E-state index is 13.4. The molecule has 0 fully saturated rings. The molecule has 0 saturated carbocycles. The summed E-state index contributed by atoms with van der Waals surface area (Å²) in [6, 6.07) is -2.56. The molecule has 0 aliphatic carbocycles. The van der Waals surface area contributed by atoms with Gasteiger partial charge in [-0.3, -0.25) is 0 Å². The van der Waals surface area contributed by atoms with Crippen molar-refractivity contribution in [2.45, 2.75) is 43.5 Å². The molecule has 0 bridgehead atoms. The summed E-state index contributed by atoms with van der Waals surface area (Å²) in [5.74, 6) is -9.49. The second-order valence-corrected chi connectivity index (χ2v) is 4.67. The van der Waals surface area contributed by atoms with Gasteiger partial charge in [0.15, 0.2) is 0 Å². The van der Waals surface area contributed by atoms with Crippen LogP contribution in [0.15, 0.2) is 0 Å². The van der Waals surface area contributed by atoms with Crippen LogP contribution < -0.4 is 0 Å². The number of halogens is 11. The lowest BCUT2D eigenvalue weighted by atomic mass is 10.1. The zero-order valence-electron chi connectivity index (χ0n) is 11.6. The van der Waals surface area contributed by atoms with Crippen LogP contribution in [0.2, 0.25) is 0 Å². The highest BCUT2D eigenvalue weighted by Crippen LogP contribution is 2.36. The summed E-state index contributed by atoms with van der Waals surface area (Å²) in [5.41, 5.74) is 0. The molecule has 0 aromatic rings. The van der Waals surface area contributed by atoms with Crippen molar-refractivity contribution in [3.05, 3.63) is 0 Å². The van der Waals surface area contributed by atoms with Crippen LogP contribution in [0.5, 0.6) is 0 Å². The van der Waals surface area contributed by atoms with E-state index in [1.54, 1.807) is 0 Å². The normalized spacial score (nSPS) is 17.5. The molecule has 0 N–H and O–H groups in total. The first-order chi connectivity index (χ1) is 9.93. The summed E-state index contributed by atoms with van der Waals surface area (Å²) in [7, 11) is 0.258. The average Bonchev–Trinajstić information content (AvgIpc) is 2.33. The minimum Gasteiger partial charge on any atom is -0.369 e. The lowest BCUT2D eigenvalue weighted by Crippen LogP contribution is -2.52. The largest absolute Gasteiger partial charge is 0.460 e. The van der Waals surface area contributed by atoms with Crippen molar-refractivity contribution >= 4 is 0 Å². The van der Waals surface area contributed by atoms with Gasteiger partial charge >= 0.3 is 18.4 Å². The summed E-state index contributed by atoms with van der Waals surface area (Å²) >= 11 is 0. The van der Waals surface area contributed by atoms with E-state index >= 15 is 0 Å². The fraction of sp³-hybridized carbons (Fsp3) is 1.00. The smallest absolute Gasteiger partial charge is 0.369 e. The van der Waals surface area contributed by atoms with Gasteiger partial charge in [-0.2, -0.15) is 26.3 Å². The highest BCUT2D eigenvalue weighted by Gasteiger charge is 2.57. The first kappa shape index (κ1) is 22.1. The van der Waals surface area contributed by atoms with Crippen LogP contribution in [0, 0.1) is 0 Å². The lowest BCUT2D eigenvalue weighted by Gasteiger charge is -2.33. The van der Waals surface area contributed by atoms with Crippen molar-refractivity contribution in [1.29, 1.82) is 0 Å². The van der Waals surface area contributed by atoms with E-state index in [0.29, 0.717) is 6.92 Å². The van der Waals surface area contributed by atoms with Gasteiger partial charge in [-0.25, -0.2) is 26.9 Å². The van der Waals surface area contributed by atoms with Gasteiger partial charge in [0.25, 0.3) is 12.1 Å². The Morgan fingerprint density at radius 2 is 1.22 bits per heavy atom. The molecule has 0 aliphatic heterocycles. The van der Waals surface area contributed by atoms with E-state index in [1.165, 1.54) is 0 Å². The zero-order chi connectivity index (χ0) is 18.9. The lowest BCUT2D eigenvalue weighted by molar-refractivity contribution is -0.280. The van der Waals surface area contributed by atoms with Crippen molar-refractivity contribution in [2.75, 3.05) is 20.3 Å². The highest BCUT2D eigenvalue weighted by molar-refractivity contribution is 4.85. The molecule has 0 aliphatic rings. The second-order valence-electron chi connectivity index (χ2n) is 4.67. The van der Waals surface area contributed by atoms with Crippen LogP contribution >= 0.6 is 0 Å². The Morgan fingerprint density at radius 3 is 1.57 bits per heavy atom. The minimum absolute atomic E-state index is 0.258. The molecule has 0 spiro atoms. The Morgan fingerprint density at radius 1 is 0.826 bits per heavy atom. The monoisotopic (exact) mass is 371 g/mol. The molecule has 0 amide bonds. The Labute approximate surface area is 123 Å². The summed E-state index contributed by atoms with van der Waals surface area (Å²) in [4.78, 5) is -0.734. The number of ether oxygens (including phenoxy) is 1. The van der Waals surface area contributed by atoms with E-state index in [-0.39, 0.29) is 7.05 Å². The van der Waals surface area contributed by atoms with Crippen LogP contribution in [0.4, 0.5) is 48.3 Å². The van der Waals surface area contributed by atoms with E-state index in [2.05, 4.69) is 4.74 Å². The van der Waals surface area contributed by atoms with Gasteiger partial charge in [0.2, 0.25) is 0 Å². The molecule has 0 rings (SSSR count). The third kappa shape index (κ3) is 6.28. The van der Waals surface area contributed by atoms with E-state index < -0.39 is 54.6 Å². The third-order valence-corrected chi connectivity index (χ3v) is 2.84. The molecule has 0 radical (unpaired) electrons. The molecular weight excluding hydrogens is 359 g/mol. The number of rotatable bonds is 7. The number of hydrogen-bond acceptors (Lipinski definition) is 2. The number of nitrogens with zero attached hydrogens (tertiary/aromatic N) is 1. The topological polar surface area (TPSA) is 12.5 Å². The van der Waals surface area contributed by atoms with E-state index in [4.69, 9.17) is 0 Å². The van der Waals surface area contributed by atoms with Gasteiger partial charge in [0, 0.05) is 0 Å². The molecule has 140 valence electrons. The van der Waals surface area contributed by atoms with E-state index in [1.807, 2.05) is 0 Å². The molecule has 0 heterocycles. The minimum atomic E-state index is -5.95. The highest BCUT2D eigenvalue weighted by atomic mass is 19.4. The Kier molecular flexibility index (Phi) is 6.69. The summed E-state index contributed by atoms with van der Waals surface area (Å²) < 4.78 is 140. The number of alkyl halides is 11. The number of hydrogen-bond donors (Lipinski definition) is 0. The Balaban J connectivity index is 4.73. The van der Waals surface area contributed by atoms with E-state index in [9.17, 15) is 48.3 Å². The van der Waals surface area contributed by atoms with Crippen molar-refractivity contribution in [3.63, 3.8) is 0 Å². The van der Waals surface area contributed by atoms with Gasteiger partial charge in [-0.15, -0.1) is 0 Å². The Bertz CT molecular complexity index is 378. The molecule has 13 heteroatoms. The van der Waals surface area contributed by atoms with Crippen LogP contribution in [0.1, 0.15) is 6.92 Å². The van der Waals surface area contributed by atoms with Gasteiger partial charge < -0.3 is 4.74 Å². The molecule has 0 aromatic heterocycles. The molecule has 2 atom stereocenters. The zero-order valence-corrected chi connectivity index (χ0v) is 11.6. The fourth-order valence-corrected chi connectivity index (χ4v) is 1.26. The molecular formula is C10H12F11NO. The summed E-state index contributed by atoms with van der Waals surface area (Å²) in [5, 5.41) is 0. The van der Waals surface area contributed by atoms with Gasteiger partial charge in [0.1, 0.15) is 13.2 Å². The van der Waals surface area contributed by atoms with Gasteiger partial charge in [-0.1, -0.05) is 0 Å². The van der Waals surface area contributed by atoms with Crippen molar-refractivity contribution in [1.82, 2.24) is 4.90 Å².